The van der Waals surface area contributed by atoms with E-state index in [1.165, 1.54) is 10.5 Å². The molecule has 0 aromatic carbocycles. The van der Waals surface area contributed by atoms with Crippen LogP contribution >= 0.6 is 5.77 Å². The molecule has 1 heterocycles. The first-order valence-corrected chi connectivity index (χ1v) is 12.9. The second-order valence-electron chi connectivity index (χ2n) is 3.26. The Kier molecular flexibility index (Phi) is 4.77. The molecule has 0 radical (unpaired) electrons. The van der Waals surface area contributed by atoms with Gasteiger partial charge < -0.3 is 0 Å². The molecule has 0 aromatic rings. The van der Waals surface area contributed by atoms with E-state index in [0.717, 1.165) is 0 Å². The Labute approximate surface area is 104 Å². The van der Waals surface area contributed by atoms with Gasteiger partial charge in [-0.25, -0.2) is 0 Å². The third kappa shape index (κ3) is 3.19. The van der Waals surface area contributed by atoms with Crippen LogP contribution in [0.2, 0.25) is 0 Å². The van der Waals surface area contributed by atoms with Gasteiger partial charge in [-0.15, -0.1) is 0 Å². The van der Waals surface area contributed by atoms with E-state index in [4.69, 9.17) is 0 Å². The molecule has 16 heavy (non-hydrogen) atoms. The van der Waals surface area contributed by atoms with Crippen molar-refractivity contribution in [3.8, 4) is 0 Å². The number of nitrogens with zero attached hydrogens (tertiary/aromatic N) is 2. The van der Waals surface area contributed by atoms with Crippen molar-refractivity contribution in [3.63, 3.8) is 0 Å². The summed E-state index contributed by atoms with van der Waals surface area (Å²) in [7, 11) is -1.66. The summed E-state index contributed by atoms with van der Waals surface area (Å²) < 4.78 is 46.0. The molecule has 1 rings (SSSR count). The van der Waals surface area contributed by atoms with Crippen molar-refractivity contribution in [2.24, 2.45) is 0 Å². The molecular formula is C7H13N2O4PSW. The minimum atomic E-state index is -3.36. The van der Waals surface area contributed by atoms with Crippen molar-refractivity contribution in [2.75, 3.05) is 12.8 Å². The fourth-order valence-electron chi connectivity index (χ4n) is 1.29. The number of hydrogen-bond acceptors (Lipinski definition) is 5. The number of sulfonamides is 1. The molecule has 0 aromatic heterocycles. The zero-order valence-corrected chi connectivity index (χ0v) is 13.6. The summed E-state index contributed by atoms with van der Waals surface area (Å²) in [6, 6.07) is 0. The zero-order valence-electron chi connectivity index (χ0n) is 8.94. The third-order valence-corrected chi connectivity index (χ3v) is 10.7. The average molecular weight is 436 g/mol. The Morgan fingerprint density at radius 1 is 1.38 bits per heavy atom. The van der Waals surface area contributed by atoms with Crippen LogP contribution in [0.3, 0.4) is 0 Å². The summed E-state index contributed by atoms with van der Waals surface area (Å²) in [5.74, 6) is -2.39. The van der Waals surface area contributed by atoms with E-state index in [1.807, 2.05) is 0 Å². The zero-order chi connectivity index (χ0) is 12.3. The van der Waals surface area contributed by atoms with E-state index in [9.17, 15) is 17.5 Å². The van der Waals surface area contributed by atoms with E-state index >= 15 is 0 Å². The summed E-state index contributed by atoms with van der Waals surface area (Å²) in [4.78, 5) is 1.66. The van der Waals surface area contributed by atoms with Crippen molar-refractivity contribution >= 4 is 15.8 Å². The quantitative estimate of drug-likeness (QED) is 0.600. The molecule has 1 unspecified atom stereocenters. The molecule has 0 saturated carbocycles. The van der Waals surface area contributed by atoms with Crippen LogP contribution in [0.5, 0.6) is 0 Å². The third-order valence-electron chi connectivity index (χ3n) is 1.98. The van der Waals surface area contributed by atoms with Crippen LogP contribution in [0.25, 0.3) is 0 Å². The van der Waals surface area contributed by atoms with Gasteiger partial charge in [0.25, 0.3) is 0 Å². The molecule has 0 saturated heterocycles. The van der Waals surface area contributed by atoms with Gasteiger partial charge >= 0.3 is 104 Å². The maximum atomic E-state index is 11.8. The normalized spacial score (nSPS) is 20.5. The molecule has 0 bridgehead atoms. The van der Waals surface area contributed by atoms with Crippen LogP contribution in [-0.4, -0.2) is 35.0 Å². The first kappa shape index (κ1) is 13.9. The predicted octanol–water partition coefficient (Wildman–Crippen LogP) is 0.899. The molecule has 9 heteroatoms. The molecule has 1 aliphatic rings. The van der Waals surface area contributed by atoms with E-state index in [1.54, 1.807) is 25.1 Å². The van der Waals surface area contributed by atoms with Gasteiger partial charge in [0.2, 0.25) is 0 Å². The predicted molar refractivity (Wildman–Crippen MR) is 54.9 cm³/mol. The monoisotopic (exact) mass is 436 g/mol. The second kappa shape index (κ2) is 5.47. The van der Waals surface area contributed by atoms with Gasteiger partial charge in [-0.3, -0.25) is 0 Å². The topological polar surface area (TPSA) is 74.8 Å². The molecule has 1 atom stereocenters. The molecule has 92 valence electrons. The standard InChI is InChI=1S/C7H13N2O2S.O2P.W/c1-3-6-12(10,11)9-5-4-8(2)7-9;1-3-2;/h4-5,7H,3,6H2,1-2H3;;. The van der Waals surface area contributed by atoms with Gasteiger partial charge in [-0.1, -0.05) is 0 Å². The van der Waals surface area contributed by atoms with Crippen LogP contribution in [0.4, 0.5) is 0 Å². The van der Waals surface area contributed by atoms with Gasteiger partial charge in [-0.2, -0.15) is 0 Å². The summed E-state index contributed by atoms with van der Waals surface area (Å²) in [5, 5.41) is 0. The summed E-state index contributed by atoms with van der Waals surface area (Å²) in [6.07, 6.45) is 3.59. The Bertz CT molecular complexity index is 439. The second-order valence-corrected chi connectivity index (χ2v) is 12.9. The van der Waals surface area contributed by atoms with Crippen molar-refractivity contribution in [1.82, 2.24) is 9.21 Å². The van der Waals surface area contributed by atoms with Crippen LogP contribution in [0, 0.1) is 0 Å². The van der Waals surface area contributed by atoms with E-state index < -0.39 is 38.4 Å². The molecule has 0 amide bonds. The first-order chi connectivity index (χ1) is 7.38. The van der Waals surface area contributed by atoms with Gasteiger partial charge in [-0.05, 0) is 0 Å². The summed E-state index contributed by atoms with van der Waals surface area (Å²) in [5.41, 5.74) is 0. The molecule has 6 nitrogen and oxygen atoms in total. The van der Waals surface area contributed by atoms with Crippen LogP contribution < -0.4 is 0 Å². The minimum absolute atomic E-state index is 0.0518. The van der Waals surface area contributed by atoms with Gasteiger partial charge in [0.05, 0.1) is 0 Å². The maximum absolute atomic E-state index is 11.8. The molecule has 0 N–H and O–H groups in total. The first-order valence-electron chi connectivity index (χ1n) is 4.61. The molecule has 0 spiro atoms. The Morgan fingerprint density at radius 2 is 2.00 bits per heavy atom. The van der Waals surface area contributed by atoms with Crippen molar-refractivity contribution < 1.29 is 35.6 Å². The van der Waals surface area contributed by atoms with Crippen molar-refractivity contribution in [1.29, 1.82) is 0 Å². The Hall–Kier alpha value is -0.122. The molecule has 0 aliphatic carbocycles. The molecular weight excluding hydrogens is 423 g/mol. The van der Waals surface area contributed by atoms with Gasteiger partial charge in [0.1, 0.15) is 0 Å². The Balaban J connectivity index is 2.91. The van der Waals surface area contributed by atoms with Crippen molar-refractivity contribution in [2.45, 2.75) is 17.9 Å². The summed E-state index contributed by atoms with van der Waals surface area (Å²) >= 11 is -1.77. The summed E-state index contributed by atoms with van der Waals surface area (Å²) in [6.45, 7) is 1.78. The molecule has 1 aliphatic heterocycles. The average Bonchev–Trinajstić information content (AvgIpc) is 2.47. The Morgan fingerprint density at radius 3 is 2.50 bits per heavy atom. The van der Waals surface area contributed by atoms with Gasteiger partial charge in [0, 0.05) is 0 Å². The van der Waals surface area contributed by atoms with Crippen LogP contribution in [0.15, 0.2) is 12.4 Å². The van der Waals surface area contributed by atoms with E-state index in [-0.39, 0.29) is 5.75 Å². The number of hydrogen-bond donors (Lipinski definition) is 0. The van der Waals surface area contributed by atoms with Crippen LogP contribution in [-0.2, 0) is 37.2 Å². The van der Waals surface area contributed by atoms with Crippen LogP contribution in [0.1, 0.15) is 13.3 Å². The van der Waals surface area contributed by atoms with E-state index in [2.05, 4.69) is 0 Å². The fraction of sp³-hybridized carbons (Fsp3) is 0.714. The molecule has 0 fully saturated rings. The van der Waals surface area contributed by atoms with E-state index in [0.29, 0.717) is 6.42 Å². The SMILES string of the molecule is CCCS(=O)(=O)N1C=CN(C)[CH]1[W][P](=O)=O. The van der Waals surface area contributed by atoms with Crippen molar-refractivity contribution in [3.05, 3.63) is 12.4 Å². The van der Waals surface area contributed by atoms with Gasteiger partial charge in [0.15, 0.2) is 0 Å². The fourth-order valence-corrected chi connectivity index (χ4v) is 10.2. The number of rotatable bonds is 5.